The second-order valence-electron chi connectivity index (χ2n) is 4.10. The lowest BCUT2D eigenvalue weighted by Gasteiger charge is -2.22. The molecule has 17 heavy (non-hydrogen) atoms. The van der Waals surface area contributed by atoms with E-state index in [4.69, 9.17) is 17.0 Å². The minimum absolute atomic E-state index is 0.0454. The number of methoxy groups -OCH3 is 1. The van der Waals surface area contributed by atoms with Crippen molar-refractivity contribution in [3.63, 3.8) is 0 Å². The van der Waals surface area contributed by atoms with Gasteiger partial charge in [-0.25, -0.2) is 0 Å². The van der Waals surface area contributed by atoms with Gasteiger partial charge < -0.3 is 10.1 Å². The van der Waals surface area contributed by atoms with Crippen molar-refractivity contribution in [2.24, 2.45) is 0 Å². The molecule has 1 heterocycles. The SMILES string of the molecule is COc1ccc(CC2(C)NC(=S)C(=O)S2)cc1. The molecule has 1 aromatic carbocycles. The molecule has 0 amide bonds. The highest BCUT2D eigenvalue weighted by Crippen LogP contribution is 2.32. The van der Waals surface area contributed by atoms with Gasteiger partial charge in [-0.1, -0.05) is 36.1 Å². The summed E-state index contributed by atoms with van der Waals surface area (Å²) in [5.41, 5.74) is 1.14. The first kappa shape index (κ1) is 12.4. The molecular formula is C12H13NO2S2. The molecule has 0 aromatic heterocycles. The van der Waals surface area contributed by atoms with E-state index in [0.717, 1.165) is 17.7 Å². The lowest BCUT2D eigenvalue weighted by Crippen LogP contribution is -2.38. The fourth-order valence-corrected chi connectivity index (χ4v) is 3.14. The molecule has 0 radical (unpaired) electrons. The van der Waals surface area contributed by atoms with E-state index in [9.17, 15) is 4.79 Å². The first-order valence-corrected chi connectivity index (χ1v) is 6.43. The molecular weight excluding hydrogens is 254 g/mol. The predicted octanol–water partition coefficient (Wildman–Crippen LogP) is 2.14. The van der Waals surface area contributed by atoms with Gasteiger partial charge in [0.15, 0.2) is 4.99 Å². The molecule has 5 heteroatoms. The van der Waals surface area contributed by atoms with Crippen LogP contribution in [0.5, 0.6) is 5.75 Å². The molecule has 0 spiro atoms. The van der Waals surface area contributed by atoms with E-state index >= 15 is 0 Å². The number of benzene rings is 1. The Bertz CT molecular complexity index is 440. The van der Waals surface area contributed by atoms with Crippen LogP contribution in [0, 0.1) is 0 Å². The molecule has 1 atom stereocenters. The summed E-state index contributed by atoms with van der Waals surface area (Å²) < 4.78 is 5.10. The van der Waals surface area contributed by atoms with Crippen LogP contribution in [0.15, 0.2) is 24.3 Å². The van der Waals surface area contributed by atoms with Gasteiger partial charge >= 0.3 is 0 Å². The maximum atomic E-state index is 11.4. The van der Waals surface area contributed by atoms with Crippen molar-refractivity contribution in [2.75, 3.05) is 7.11 Å². The molecule has 1 aromatic rings. The zero-order valence-corrected chi connectivity index (χ0v) is 11.3. The van der Waals surface area contributed by atoms with Crippen molar-refractivity contribution in [3.8, 4) is 5.75 Å². The van der Waals surface area contributed by atoms with Gasteiger partial charge in [0.1, 0.15) is 5.75 Å². The van der Waals surface area contributed by atoms with Gasteiger partial charge in [-0.05, 0) is 24.6 Å². The Morgan fingerprint density at radius 2 is 2.06 bits per heavy atom. The summed E-state index contributed by atoms with van der Waals surface area (Å²) >= 11 is 6.20. The smallest absolute Gasteiger partial charge is 0.248 e. The number of thioether (sulfide) groups is 1. The molecule has 1 aliphatic rings. The molecule has 1 N–H and O–H groups in total. The maximum absolute atomic E-state index is 11.4. The average molecular weight is 267 g/mol. The number of thiocarbonyl (C=S) groups is 1. The van der Waals surface area contributed by atoms with Crippen molar-refractivity contribution in [3.05, 3.63) is 29.8 Å². The minimum Gasteiger partial charge on any atom is -0.497 e. The molecule has 90 valence electrons. The number of carbonyl (C=O) groups excluding carboxylic acids is 1. The highest BCUT2D eigenvalue weighted by molar-refractivity contribution is 8.18. The summed E-state index contributed by atoms with van der Waals surface area (Å²) in [6.07, 6.45) is 0.744. The van der Waals surface area contributed by atoms with Crippen LogP contribution in [0.4, 0.5) is 0 Å². The first-order valence-electron chi connectivity index (χ1n) is 5.21. The first-order chi connectivity index (χ1) is 8.02. The van der Waals surface area contributed by atoms with E-state index < -0.39 is 0 Å². The molecule has 1 aliphatic heterocycles. The Morgan fingerprint density at radius 1 is 1.41 bits per heavy atom. The number of rotatable bonds is 3. The molecule has 0 saturated carbocycles. The Balaban J connectivity index is 2.10. The fourth-order valence-electron chi connectivity index (χ4n) is 1.78. The van der Waals surface area contributed by atoms with E-state index in [1.54, 1.807) is 7.11 Å². The maximum Gasteiger partial charge on any atom is 0.248 e. The van der Waals surface area contributed by atoms with Crippen molar-refractivity contribution in [2.45, 2.75) is 18.2 Å². The van der Waals surface area contributed by atoms with Crippen molar-refractivity contribution in [1.82, 2.24) is 5.32 Å². The third kappa shape index (κ3) is 2.79. The van der Waals surface area contributed by atoms with E-state index in [0.29, 0.717) is 4.99 Å². The quantitative estimate of drug-likeness (QED) is 0.849. The summed E-state index contributed by atoms with van der Waals surface area (Å²) in [5.74, 6) is 0.831. The predicted molar refractivity (Wildman–Crippen MR) is 73.4 cm³/mol. The van der Waals surface area contributed by atoms with E-state index in [2.05, 4.69) is 5.32 Å². The number of nitrogens with one attached hydrogen (secondary N) is 1. The zero-order chi connectivity index (χ0) is 12.5. The zero-order valence-electron chi connectivity index (χ0n) is 9.65. The molecule has 3 nitrogen and oxygen atoms in total. The molecule has 1 unspecified atom stereocenters. The van der Waals surface area contributed by atoms with Crippen LogP contribution < -0.4 is 10.1 Å². The van der Waals surface area contributed by atoms with Gasteiger partial charge in [0.05, 0.1) is 12.0 Å². The van der Waals surface area contributed by atoms with Gasteiger partial charge in [-0.15, -0.1) is 0 Å². The van der Waals surface area contributed by atoms with Crippen LogP contribution in [-0.2, 0) is 11.2 Å². The van der Waals surface area contributed by atoms with Crippen molar-refractivity contribution < 1.29 is 9.53 Å². The third-order valence-electron chi connectivity index (χ3n) is 2.58. The standard InChI is InChI=1S/C12H13NO2S2/c1-12(13-10(16)11(14)17-12)7-8-3-5-9(15-2)6-4-8/h3-6H,7H2,1-2H3,(H,13,16). The van der Waals surface area contributed by atoms with Crippen LogP contribution in [0.25, 0.3) is 0 Å². The molecule has 1 saturated heterocycles. The minimum atomic E-state index is -0.331. The van der Waals surface area contributed by atoms with Crippen LogP contribution >= 0.6 is 24.0 Å². The Kier molecular flexibility index (Phi) is 3.40. The lowest BCUT2D eigenvalue weighted by atomic mass is 10.1. The lowest BCUT2D eigenvalue weighted by molar-refractivity contribution is -0.105. The van der Waals surface area contributed by atoms with Gasteiger partial charge in [0, 0.05) is 6.42 Å². The van der Waals surface area contributed by atoms with E-state index in [1.807, 2.05) is 31.2 Å². The molecule has 2 rings (SSSR count). The van der Waals surface area contributed by atoms with Crippen molar-refractivity contribution >= 4 is 34.1 Å². The number of hydrogen-bond acceptors (Lipinski definition) is 4. The van der Waals surface area contributed by atoms with Crippen LogP contribution in [0.3, 0.4) is 0 Å². The van der Waals surface area contributed by atoms with Crippen LogP contribution in [0.2, 0.25) is 0 Å². The van der Waals surface area contributed by atoms with E-state index in [1.165, 1.54) is 11.8 Å². The molecule has 1 fully saturated rings. The van der Waals surface area contributed by atoms with Gasteiger partial charge in [-0.2, -0.15) is 0 Å². The largest absolute Gasteiger partial charge is 0.497 e. The highest BCUT2D eigenvalue weighted by Gasteiger charge is 2.38. The second kappa shape index (κ2) is 4.66. The van der Waals surface area contributed by atoms with Gasteiger partial charge in [0.25, 0.3) is 0 Å². The van der Waals surface area contributed by atoms with Gasteiger partial charge in [-0.3, -0.25) is 4.79 Å². The monoisotopic (exact) mass is 267 g/mol. The summed E-state index contributed by atoms with van der Waals surface area (Å²) in [6.45, 7) is 1.99. The number of ether oxygens (including phenoxy) is 1. The second-order valence-corrected chi connectivity index (χ2v) is 5.98. The molecule has 0 bridgehead atoms. The summed E-state index contributed by atoms with van der Waals surface area (Å²) in [5, 5.41) is 3.03. The van der Waals surface area contributed by atoms with Gasteiger partial charge in [0.2, 0.25) is 5.12 Å². The Hall–Kier alpha value is -1.07. The average Bonchev–Trinajstić information content (AvgIpc) is 2.53. The van der Waals surface area contributed by atoms with Crippen molar-refractivity contribution in [1.29, 1.82) is 0 Å². The summed E-state index contributed by atoms with van der Waals surface area (Å²) in [6, 6.07) is 7.83. The number of hydrogen-bond donors (Lipinski definition) is 1. The highest BCUT2D eigenvalue weighted by atomic mass is 32.2. The Morgan fingerprint density at radius 3 is 2.53 bits per heavy atom. The normalized spacial score (nSPS) is 23.6. The van der Waals surface area contributed by atoms with E-state index in [-0.39, 0.29) is 9.99 Å². The van der Waals surface area contributed by atoms with Crippen LogP contribution in [0.1, 0.15) is 12.5 Å². The van der Waals surface area contributed by atoms with Crippen LogP contribution in [-0.4, -0.2) is 22.1 Å². The number of carbonyl (C=O) groups is 1. The summed E-state index contributed by atoms with van der Waals surface area (Å²) in [4.78, 5) is 11.4. The summed E-state index contributed by atoms with van der Waals surface area (Å²) in [7, 11) is 1.64. The fraction of sp³-hybridized carbons (Fsp3) is 0.333. The topological polar surface area (TPSA) is 38.3 Å². The molecule has 0 aliphatic carbocycles. The Labute approximate surface area is 110 Å². The third-order valence-corrected chi connectivity index (χ3v) is 4.08.